The molecule has 0 saturated carbocycles. The van der Waals surface area contributed by atoms with Crippen LogP contribution in [0.2, 0.25) is 0 Å². The van der Waals surface area contributed by atoms with Crippen molar-refractivity contribution < 1.29 is 14.3 Å². The van der Waals surface area contributed by atoms with Crippen LogP contribution in [0.25, 0.3) is 0 Å². The molecular weight excluding hydrogens is 182 g/mol. The predicted octanol–water partition coefficient (Wildman–Crippen LogP) is 0.838. The quantitative estimate of drug-likeness (QED) is 0.511. The van der Waals surface area contributed by atoms with Gasteiger partial charge in [0.15, 0.2) is 0 Å². The van der Waals surface area contributed by atoms with Crippen molar-refractivity contribution in [3.63, 3.8) is 0 Å². The summed E-state index contributed by atoms with van der Waals surface area (Å²) in [6.45, 7) is 1.86. The Kier molecular flexibility index (Phi) is 5.56. The number of carbonyl (C=O) groups is 1. The fourth-order valence-corrected chi connectivity index (χ4v) is 1.45. The summed E-state index contributed by atoms with van der Waals surface area (Å²) in [6, 6.07) is 0. The Bertz CT molecular complexity index is 167. The van der Waals surface area contributed by atoms with Gasteiger partial charge in [-0.15, -0.1) is 0 Å². The van der Waals surface area contributed by atoms with Gasteiger partial charge in [-0.1, -0.05) is 0 Å². The Morgan fingerprint density at radius 1 is 1.50 bits per heavy atom. The van der Waals surface area contributed by atoms with Crippen molar-refractivity contribution in [1.29, 1.82) is 0 Å². The number of rotatable bonds is 6. The van der Waals surface area contributed by atoms with E-state index in [1.54, 1.807) is 0 Å². The first-order chi connectivity index (χ1) is 6.83. The first-order valence-corrected chi connectivity index (χ1v) is 5.30. The third kappa shape index (κ3) is 4.58. The van der Waals surface area contributed by atoms with Crippen molar-refractivity contribution in [1.82, 2.24) is 0 Å². The Balaban J connectivity index is 1.96. The lowest BCUT2D eigenvalue weighted by Gasteiger charge is -2.09. The number of esters is 1. The van der Waals surface area contributed by atoms with Gasteiger partial charge in [-0.3, -0.25) is 4.79 Å². The smallest absolute Gasteiger partial charge is 0.305 e. The molecule has 1 saturated heterocycles. The van der Waals surface area contributed by atoms with E-state index >= 15 is 0 Å². The monoisotopic (exact) mass is 201 g/mol. The van der Waals surface area contributed by atoms with E-state index in [-0.39, 0.29) is 12.1 Å². The van der Waals surface area contributed by atoms with Crippen LogP contribution in [-0.2, 0) is 14.3 Å². The Morgan fingerprint density at radius 3 is 3.00 bits per heavy atom. The Morgan fingerprint density at radius 2 is 2.36 bits per heavy atom. The molecule has 0 aliphatic carbocycles. The molecule has 0 radical (unpaired) electrons. The molecule has 1 aliphatic rings. The average molecular weight is 201 g/mol. The summed E-state index contributed by atoms with van der Waals surface area (Å²) >= 11 is 0. The summed E-state index contributed by atoms with van der Waals surface area (Å²) in [4.78, 5) is 11.2. The highest BCUT2D eigenvalue weighted by Crippen LogP contribution is 2.12. The molecule has 0 aromatic heterocycles. The molecule has 1 aliphatic heterocycles. The maximum Gasteiger partial charge on any atom is 0.305 e. The van der Waals surface area contributed by atoms with Crippen LogP contribution < -0.4 is 5.73 Å². The van der Waals surface area contributed by atoms with Crippen molar-refractivity contribution in [3.05, 3.63) is 0 Å². The van der Waals surface area contributed by atoms with E-state index in [1.165, 1.54) is 0 Å². The minimum Gasteiger partial charge on any atom is -0.463 e. The number of carbonyl (C=O) groups excluding carboxylic acids is 1. The summed E-state index contributed by atoms with van der Waals surface area (Å²) in [7, 11) is 0. The second-order valence-corrected chi connectivity index (χ2v) is 3.56. The molecule has 1 atom stereocenters. The van der Waals surface area contributed by atoms with Crippen LogP contribution in [0.3, 0.4) is 0 Å². The lowest BCUT2D eigenvalue weighted by molar-refractivity contribution is -0.147. The molecule has 0 spiro atoms. The summed E-state index contributed by atoms with van der Waals surface area (Å²) in [5, 5.41) is 0. The SMILES string of the molecule is NCCCCC(=O)OCC1CCCO1. The van der Waals surface area contributed by atoms with E-state index < -0.39 is 0 Å². The van der Waals surface area contributed by atoms with Crippen molar-refractivity contribution in [2.45, 2.75) is 38.2 Å². The number of unbranched alkanes of at least 4 members (excludes halogenated alkanes) is 1. The first kappa shape index (κ1) is 11.5. The van der Waals surface area contributed by atoms with Gasteiger partial charge in [-0.05, 0) is 32.2 Å². The van der Waals surface area contributed by atoms with Crippen molar-refractivity contribution in [2.75, 3.05) is 19.8 Å². The zero-order valence-electron chi connectivity index (χ0n) is 8.54. The van der Waals surface area contributed by atoms with Crippen LogP contribution in [0.1, 0.15) is 32.1 Å². The number of hydrogen-bond donors (Lipinski definition) is 1. The van der Waals surface area contributed by atoms with Crippen molar-refractivity contribution >= 4 is 5.97 Å². The van der Waals surface area contributed by atoms with Gasteiger partial charge in [-0.2, -0.15) is 0 Å². The van der Waals surface area contributed by atoms with E-state index in [0.717, 1.165) is 32.3 Å². The molecule has 1 unspecified atom stereocenters. The predicted molar refractivity (Wildman–Crippen MR) is 52.8 cm³/mol. The van der Waals surface area contributed by atoms with Crippen LogP contribution in [-0.4, -0.2) is 31.8 Å². The van der Waals surface area contributed by atoms with Crippen LogP contribution in [0, 0.1) is 0 Å². The highest BCUT2D eigenvalue weighted by molar-refractivity contribution is 5.69. The molecule has 4 heteroatoms. The largest absolute Gasteiger partial charge is 0.463 e. The lowest BCUT2D eigenvalue weighted by atomic mass is 10.2. The van der Waals surface area contributed by atoms with Gasteiger partial charge in [0.1, 0.15) is 6.61 Å². The van der Waals surface area contributed by atoms with Crippen molar-refractivity contribution in [2.24, 2.45) is 5.73 Å². The van der Waals surface area contributed by atoms with Crippen LogP contribution in [0.15, 0.2) is 0 Å². The maximum absolute atomic E-state index is 11.2. The molecule has 1 fully saturated rings. The first-order valence-electron chi connectivity index (χ1n) is 5.30. The van der Waals surface area contributed by atoms with Crippen LogP contribution >= 0.6 is 0 Å². The summed E-state index contributed by atoms with van der Waals surface area (Å²) in [5.41, 5.74) is 5.32. The van der Waals surface area contributed by atoms with E-state index in [1.807, 2.05) is 0 Å². The Labute approximate surface area is 84.7 Å². The highest BCUT2D eigenvalue weighted by atomic mass is 16.6. The average Bonchev–Trinajstić information content (AvgIpc) is 2.68. The molecular formula is C10H19NO3. The minimum atomic E-state index is -0.131. The van der Waals surface area contributed by atoms with Gasteiger partial charge in [0.25, 0.3) is 0 Å². The lowest BCUT2D eigenvalue weighted by Crippen LogP contribution is -2.17. The summed E-state index contributed by atoms with van der Waals surface area (Å²) in [5.74, 6) is -0.131. The van der Waals surface area contributed by atoms with Crippen molar-refractivity contribution in [3.8, 4) is 0 Å². The maximum atomic E-state index is 11.2. The van der Waals surface area contributed by atoms with E-state index in [9.17, 15) is 4.79 Å². The third-order valence-corrected chi connectivity index (χ3v) is 2.29. The fraction of sp³-hybridized carbons (Fsp3) is 0.900. The molecule has 1 rings (SSSR count). The molecule has 0 aromatic rings. The van der Waals surface area contributed by atoms with Crippen LogP contribution in [0.4, 0.5) is 0 Å². The standard InChI is InChI=1S/C10H19NO3/c11-6-2-1-5-10(12)14-8-9-4-3-7-13-9/h9H,1-8,11H2. The number of hydrogen-bond acceptors (Lipinski definition) is 4. The van der Waals surface area contributed by atoms with Gasteiger partial charge in [-0.25, -0.2) is 0 Å². The molecule has 4 nitrogen and oxygen atoms in total. The van der Waals surface area contributed by atoms with Gasteiger partial charge < -0.3 is 15.2 Å². The molecule has 2 N–H and O–H groups in total. The van der Waals surface area contributed by atoms with E-state index in [2.05, 4.69) is 0 Å². The van der Waals surface area contributed by atoms with Crippen LogP contribution in [0.5, 0.6) is 0 Å². The number of ether oxygens (including phenoxy) is 2. The fourth-order valence-electron chi connectivity index (χ4n) is 1.45. The second-order valence-electron chi connectivity index (χ2n) is 3.56. The van der Waals surface area contributed by atoms with Gasteiger partial charge in [0, 0.05) is 13.0 Å². The second kappa shape index (κ2) is 6.79. The topological polar surface area (TPSA) is 61.6 Å². The molecule has 1 heterocycles. The van der Waals surface area contributed by atoms with E-state index in [0.29, 0.717) is 19.6 Å². The molecule has 0 bridgehead atoms. The summed E-state index contributed by atoms with van der Waals surface area (Å²) < 4.78 is 10.4. The number of nitrogens with two attached hydrogens (primary N) is 1. The zero-order valence-corrected chi connectivity index (χ0v) is 8.54. The third-order valence-electron chi connectivity index (χ3n) is 2.29. The zero-order chi connectivity index (χ0) is 10.2. The van der Waals surface area contributed by atoms with Gasteiger partial charge in [0.05, 0.1) is 6.10 Å². The molecule has 14 heavy (non-hydrogen) atoms. The molecule has 0 aromatic carbocycles. The minimum absolute atomic E-state index is 0.131. The highest BCUT2D eigenvalue weighted by Gasteiger charge is 2.17. The van der Waals surface area contributed by atoms with E-state index in [4.69, 9.17) is 15.2 Å². The summed E-state index contributed by atoms with van der Waals surface area (Å²) in [6.07, 6.45) is 4.40. The Hall–Kier alpha value is -0.610. The van der Waals surface area contributed by atoms with Gasteiger partial charge in [0.2, 0.25) is 0 Å². The molecule has 0 amide bonds. The molecule has 82 valence electrons. The normalized spacial score (nSPS) is 21.1. The van der Waals surface area contributed by atoms with Gasteiger partial charge >= 0.3 is 5.97 Å².